The van der Waals surface area contributed by atoms with Crippen LogP contribution in [0.4, 0.5) is 0 Å². The van der Waals surface area contributed by atoms with Gasteiger partial charge in [-0.1, -0.05) is 73.1 Å². The molecule has 0 aliphatic rings. The lowest BCUT2D eigenvalue weighted by Crippen LogP contribution is -2.18. The van der Waals surface area contributed by atoms with Crippen molar-refractivity contribution in [2.45, 2.75) is 91.9 Å². The summed E-state index contributed by atoms with van der Waals surface area (Å²) in [7, 11) is 0. The Morgan fingerprint density at radius 1 is 0.917 bits per heavy atom. The molecule has 0 heterocycles. The van der Waals surface area contributed by atoms with E-state index in [-0.39, 0.29) is 16.9 Å². The minimum Gasteiger partial charge on any atom is -0.507 e. The van der Waals surface area contributed by atoms with Gasteiger partial charge in [-0.2, -0.15) is 0 Å². The van der Waals surface area contributed by atoms with Gasteiger partial charge in [0.2, 0.25) is 0 Å². The topological polar surface area (TPSA) is 40.5 Å². The van der Waals surface area contributed by atoms with Crippen LogP contribution < -0.4 is 0 Å². The normalized spacial score (nSPS) is 14.6. The maximum absolute atomic E-state index is 10.2. The maximum Gasteiger partial charge on any atom is 0.123 e. The van der Waals surface area contributed by atoms with Gasteiger partial charge in [-0.3, -0.25) is 0 Å². The van der Waals surface area contributed by atoms with Crippen molar-refractivity contribution in [3.63, 3.8) is 0 Å². The Balaban J connectivity index is 2.49. The highest BCUT2D eigenvalue weighted by Gasteiger charge is 2.27. The molecule has 24 heavy (non-hydrogen) atoms. The summed E-state index contributed by atoms with van der Waals surface area (Å²) < 4.78 is 0. The number of rotatable bonds is 10. The monoisotopic (exact) mass is 334 g/mol. The minimum atomic E-state index is -0.210. The van der Waals surface area contributed by atoms with Crippen LogP contribution >= 0.6 is 0 Å². The lowest BCUT2D eigenvalue weighted by atomic mass is 9.78. The van der Waals surface area contributed by atoms with Gasteiger partial charge in [-0.25, -0.2) is 0 Å². The molecular weight excluding hydrogens is 296 g/mol. The van der Waals surface area contributed by atoms with E-state index in [2.05, 4.69) is 34.6 Å². The predicted octanol–water partition coefficient (Wildman–Crippen LogP) is 6.71. The lowest BCUT2D eigenvalue weighted by molar-refractivity contribution is 0.357. The molecule has 2 nitrogen and oxygen atoms in total. The summed E-state index contributed by atoms with van der Waals surface area (Å²) in [6.45, 7) is 13.1. The van der Waals surface area contributed by atoms with Crippen LogP contribution in [0.5, 0.6) is 11.5 Å². The maximum atomic E-state index is 10.2. The van der Waals surface area contributed by atoms with E-state index in [1.165, 1.54) is 32.1 Å². The van der Waals surface area contributed by atoms with Crippen molar-refractivity contribution >= 4 is 0 Å². The standard InChI is InChI=1S/C22H38O2/c1-7-16(2)10-8-11-17(3)12-9-13-22(5,6)21-19(23)14-18(4)15-20(21)24/h14-17,23-24H,7-13H2,1-6H3. The van der Waals surface area contributed by atoms with E-state index in [9.17, 15) is 10.2 Å². The predicted molar refractivity (Wildman–Crippen MR) is 104 cm³/mol. The van der Waals surface area contributed by atoms with Crippen LogP contribution in [0.15, 0.2) is 12.1 Å². The first-order valence-electron chi connectivity index (χ1n) is 9.70. The van der Waals surface area contributed by atoms with Crippen molar-refractivity contribution in [2.75, 3.05) is 0 Å². The summed E-state index contributed by atoms with van der Waals surface area (Å²) in [4.78, 5) is 0. The molecule has 0 aliphatic carbocycles. The van der Waals surface area contributed by atoms with Crippen LogP contribution in [0.2, 0.25) is 0 Å². The number of hydrogen-bond acceptors (Lipinski definition) is 2. The zero-order valence-corrected chi connectivity index (χ0v) is 16.7. The van der Waals surface area contributed by atoms with Gasteiger partial charge in [-0.05, 0) is 48.3 Å². The molecule has 2 heteroatoms. The van der Waals surface area contributed by atoms with Gasteiger partial charge in [-0.15, -0.1) is 0 Å². The number of aromatic hydroxyl groups is 2. The van der Waals surface area contributed by atoms with Gasteiger partial charge in [0.15, 0.2) is 0 Å². The number of hydrogen-bond donors (Lipinski definition) is 2. The lowest BCUT2D eigenvalue weighted by Gasteiger charge is -2.28. The zero-order chi connectivity index (χ0) is 18.3. The van der Waals surface area contributed by atoms with Gasteiger partial charge >= 0.3 is 0 Å². The number of aryl methyl sites for hydroxylation is 1. The third-order valence-electron chi connectivity index (χ3n) is 5.51. The zero-order valence-electron chi connectivity index (χ0n) is 16.7. The third-order valence-corrected chi connectivity index (χ3v) is 5.51. The highest BCUT2D eigenvalue weighted by Crippen LogP contribution is 2.41. The summed E-state index contributed by atoms with van der Waals surface area (Å²) in [5.74, 6) is 2.05. The summed E-state index contributed by atoms with van der Waals surface area (Å²) in [5, 5.41) is 20.5. The molecule has 0 radical (unpaired) electrons. The second-order valence-corrected chi connectivity index (χ2v) is 8.50. The number of benzene rings is 1. The van der Waals surface area contributed by atoms with Crippen LogP contribution in [-0.2, 0) is 5.41 Å². The van der Waals surface area contributed by atoms with E-state index >= 15 is 0 Å². The van der Waals surface area contributed by atoms with E-state index in [0.29, 0.717) is 5.56 Å². The average molecular weight is 335 g/mol. The van der Waals surface area contributed by atoms with Crippen LogP contribution in [0, 0.1) is 18.8 Å². The molecule has 2 N–H and O–H groups in total. The largest absolute Gasteiger partial charge is 0.507 e. The van der Waals surface area contributed by atoms with E-state index in [4.69, 9.17) is 0 Å². The Kier molecular flexibility index (Phi) is 8.12. The number of phenols is 2. The fourth-order valence-corrected chi connectivity index (χ4v) is 3.62. The first kappa shape index (κ1) is 20.9. The Hall–Kier alpha value is -1.18. The highest BCUT2D eigenvalue weighted by molar-refractivity contribution is 5.50. The molecule has 0 aromatic heterocycles. The van der Waals surface area contributed by atoms with Crippen molar-refractivity contribution < 1.29 is 10.2 Å². The highest BCUT2D eigenvalue weighted by atomic mass is 16.3. The van der Waals surface area contributed by atoms with Gasteiger partial charge < -0.3 is 10.2 Å². The summed E-state index contributed by atoms with van der Waals surface area (Å²) in [5.41, 5.74) is 1.37. The van der Waals surface area contributed by atoms with Gasteiger partial charge in [0.25, 0.3) is 0 Å². The molecule has 1 aromatic rings. The van der Waals surface area contributed by atoms with E-state index in [1.54, 1.807) is 12.1 Å². The second kappa shape index (κ2) is 9.34. The molecule has 0 bridgehead atoms. The van der Waals surface area contributed by atoms with E-state index in [0.717, 1.165) is 30.2 Å². The van der Waals surface area contributed by atoms with E-state index in [1.807, 2.05) is 6.92 Å². The molecule has 0 aliphatic heterocycles. The van der Waals surface area contributed by atoms with Gasteiger partial charge in [0.05, 0.1) is 0 Å². The van der Waals surface area contributed by atoms with Gasteiger partial charge in [0.1, 0.15) is 11.5 Å². The minimum absolute atomic E-state index is 0.210. The summed E-state index contributed by atoms with van der Waals surface area (Å²) in [6, 6.07) is 3.49. The number of phenolic OH excluding ortho intramolecular Hbond substituents is 2. The molecule has 0 fully saturated rings. The fraction of sp³-hybridized carbons (Fsp3) is 0.727. The van der Waals surface area contributed by atoms with Crippen molar-refractivity contribution in [2.24, 2.45) is 11.8 Å². The van der Waals surface area contributed by atoms with Crippen LogP contribution in [0.3, 0.4) is 0 Å². The van der Waals surface area contributed by atoms with Gasteiger partial charge in [0, 0.05) is 5.56 Å². The second-order valence-electron chi connectivity index (χ2n) is 8.50. The van der Waals surface area contributed by atoms with Crippen LogP contribution in [-0.4, -0.2) is 10.2 Å². The van der Waals surface area contributed by atoms with Crippen molar-refractivity contribution in [1.82, 2.24) is 0 Å². The van der Waals surface area contributed by atoms with Crippen molar-refractivity contribution in [1.29, 1.82) is 0 Å². The smallest absolute Gasteiger partial charge is 0.123 e. The Morgan fingerprint density at radius 2 is 1.42 bits per heavy atom. The molecule has 1 aromatic carbocycles. The SMILES string of the molecule is CCC(C)CCCC(C)CCCC(C)(C)c1c(O)cc(C)cc1O. The molecule has 0 spiro atoms. The molecule has 0 saturated heterocycles. The molecule has 2 atom stereocenters. The third kappa shape index (κ3) is 6.37. The molecule has 1 rings (SSSR count). The molecule has 138 valence electrons. The molecule has 0 amide bonds. The first-order valence-corrected chi connectivity index (χ1v) is 9.70. The van der Waals surface area contributed by atoms with Crippen molar-refractivity contribution in [3.05, 3.63) is 23.3 Å². The Labute approximate surface area is 149 Å². The fourth-order valence-electron chi connectivity index (χ4n) is 3.62. The quantitative estimate of drug-likeness (QED) is 0.499. The first-order chi connectivity index (χ1) is 11.2. The molecule has 0 saturated carbocycles. The van der Waals surface area contributed by atoms with Crippen LogP contribution in [0.25, 0.3) is 0 Å². The Morgan fingerprint density at radius 3 is 1.96 bits per heavy atom. The average Bonchev–Trinajstić information content (AvgIpc) is 2.45. The molecule has 2 unspecified atom stereocenters. The van der Waals surface area contributed by atoms with E-state index < -0.39 is 0 Å². The van der Waals surface area contributed by atoms with Crippen molar-refractivity contribution in [3.8, 4) is 11.5 Å². The molecular formula is C22H38O2. The Bertz CT molecular complexity index is 482. The van der Waals surface area contributed by atoms with Crippen LogP contribution in [0.1, 0.15) is 90.7 Å². The summed E-state index contributed by atoms with van der Waals surface area (Å²) in [6.07, 6.45) is 8.60. The summed E-state index contributed by atoms with van der Waals surface area (Å²) >= 11 is 0.